The summed E-state index contributed by atoms with van der Waals surface area (Å²) in [5, 5.41) is 9.88. The molecular weight excluding hydrogens is 508 g/mol. The van der Waals surface area contributed by atoms with Crippen LogP contribution >= 0.6 is 0 Å². The molecule has 1 N–H and O–H groups in total. The fourth-order valence-electron chi connectivity index (χ4n) is 6.69. The Bertz CT molecular complexity index is 1470. The van der Waals surface area contributed by atoms with Crippen LogP contribution in [-0.2, 0) is 4.79 Å². The van der Waals surface area contributed by atoms with E-state index < -0.39 is 5.97 Å². The second-order valence-corrected chi connectivity index (χ2v) is 11.1. The minimum absolute atomic E-state index is 0.121. The Morgan fingerprint density at radius 1 is 0.707 bits per heavy atom. The number of unbranched alkanes of at least 4 members (excludes halogenated alkanes) is 1. The van der Waals surface area contributed by atoms with Crippen molar-refractivity contribution in [1.82, 2.24) is 9.80 Å². The molecule has 0 saturated carbocycles. The van der Waals surface area contributed by atoms with Gasteiger partial charge in [0.15, 0.2) is 0 Å². The summed E-state index contributed by atoms with van der Waals surface area (Å²) in [6.45, 7) is 4.21. The quantitative estimate of drug-likeness (QED) is 0.240. The fourth-order valence-corrected chi connectivity index (χ4v) is 6.69. The van der Waals surface area contributed by atoms with Crippen molar-refractivity contribution in [3.8, 4) is 11.1 Å². The van der Waals surface area contributed by atoms with Gasteiger partial charge in [-0.25, -0.2) is 4.79 Å². The number of carboxylic acid groups (broad SMARTS) is 1. The number of hydrogen-bond donors (Lipinski definition) is 1. The average molecular weight is 545 g/mol. The molecule has 1 aliphatic carbocycles. The van der Waals surface area contributed by atoms with Gasteiger partial charge in [0.2, 0.25) is 5.91 Å². The van der Waals surface area contributed by atoms with Crippen molar-refractivity contribution in [2.45, 2.75) is 31.1 Å². The van der Waals surface area contributed by atoms with Gasteiger partial charge >= 0.3 is 5.97 Å². The van der Waals surface area contributed by atoms with Gasteiger partial charge in [0.1, 0.15) is 0 Å². The normalized spacial score (nSPS) is 16.4. The zero-order valence-electron chi connectivity index (χ0n) is 23.3. The maximum absolute atomic E-state index is 13.8. The number of nitrogens with zero attached hydrogens (tertiary/aromatic N) is 2. The lowest BCUT2D eigenvalue weighted by molar-refractivity contribution is -0.133. The summed E-state index contributed by atoms with van der Waals surface area (Å²) in [5.74, 6) is -0.837. The van der Waals surface area contributed by atoms with Crippen LogP contribution in [0.4, 0.5) is 0 Å². The van der Waals surface area contributed by atoms with E-state index in [0.29, 0.717) is 5.56 Å². The summed E-state index contributed by atoms with van der Waals surface area (Å²) in [6, 6.07) is 34.2. The minimum atomic E-state index is -0.853. The van der Waals surface area contributed by atoms with Gasteiger partial charge in [-0.3, -0.25) is 9.69 Å². The molecule has 1 atom stereocenters. The first-order valence-electron chi connectivity index (χ1n) is 14.7. The van der Waals surface area contributed by atoms with Gasteiger partial charge < -0.3 is 10.0 Å². The van der Waals surface area contributed by atoms with Crippen molar-refractivity contribution < 1.29 is 14.7 Å². The van der Waals surface area contributed by atoms with Crippen molar-refractivity contribution in [2.24, 2.45) is 0 Å². The molecule has 1 heterocycles. The number of rotatable bonds is 9. The van der Waals surface area contributed by atoms with E-state index in [-0.39, 0.29) is 17.7 Å². The Hall–Kier alpha value is -4.22. The third kappa shape index (κ3) is 5.55. The summed E-state index contributed by atoms with van der Waals surface area (Å²) in [4.78, 5) is 30.3. The molecule has 0 bridgehead atoms. The minimum Gasteiger partial charge on any atom is -0.478 e. The number of hydrogen-bond acceptors (Lipinski definition) is 3. The van der Waals surface area contributed by atoms with E-state index in [1.54, 1.807) is 6.07 Å². The molecule has 41 heavy (non-hydrogen) atoms. The summed E-state index contributed by atoms with van der Waals surface area (Å²) >= 11 is 0. The molecule has 5 heteroatoms. The standard InChI is InChI=1S/C36H36N2O3/c39-35(33(26-12-3-1-4-13-26)27-14-5-2-6-15-27)38-24-22-37(23-25-38)21-10-9-18-30-28-16-7-8-17-29(28)31-19-11-20-32(34(30)31)36(40)41/h1-8,11-17,19-20,30,33H,9-10,18,21-25H2,(H,40,41). The van der Waals surface area contributed by atoms with Gasteiger partial charge in [-0.1, -0.05) is 103 Å². The van der Waals surface area contributed by atoms with Crippen molar-refractivity contribution in [1.29, 1.82) is 0 Å². The molecule has 0 spiro atoms. The number of carbonyl (C=O) groups excluding carboxylic acids is 1. The Morgan fingerprint density at radius 3 is 1.98 bits per heavy atom. The highest BCUT2D eigenvalue weighted by Crippen LogP contribution is 2.48. The van der Waals surface area contributed by atoms with Crippen molar-refractivity contribution >= 4 is 11.9 Å². The largest absolute Gasteiger partial charge is 0.478 e. The van der Waals surface area contributed by atoms with Gasteiger partial charge in [-0.05, 0) is 58.8 Å². The van der Waals surface area contributed by atoms with Crippen LogP contribution in [0.3, 0.4) is 0 Å². The van der Waals surface area contributed by atoms with Crippen molar-refractivity contribution in [3.05, 3.63) is 131 Å². The third-order valence-corrected chi connectivity index (χ3v) is 8.73. The first-order chi connectivity index (χ1) is 20.1. The number of benzene rings is 4. The van der Waals surface area contributed by atoms with Crippen molar-refractivity contribution in [3.63, 3.8) is 0 Å². The topological polar surface area (TPSA) is 60.9 Å². The molecule has 6 rings (SSSR count). The molecule has 4 aromatic rings. The van der Waals surface area contributed by atoms with E-state index in [0.717, 1.165) is 74.2 Å². The lowest BCUT2D eigenvalue weighted by Gasteiger charge is -2.36. The molecular formula is C36H36N2O3. The second kappa shape index (κ2) is 12.1. The summed E-state index contributed by atoms with van der Waals surface area (Å²) in [7, 11) is 0. The van der Waals surface area contributed by atoms with E-state index in [1.165, 1.54) is 11.1 Å². The van der Waals surface area contributed by atoms with E-state index >= 15 is 0 Å². The zero-order valence-corrected chi connectivity index (χ0v) is 23.3. The first-order valence-corrected chi connectivity index (χ1v) is 14.7. The number of fused-ring (bicyclic) bond motifs is 3. The predicted octanol–water partition coefficient (Wildman–Crippen LogP) is 6.64. The molecule has 1 fully saturated rings. The predicted molar refractivity (Wildman–Crippen MR) is 162 cm³/mol. The molecule has 1 saturated heterocycles. The summed E-state index contributed by atoms with van der Waals surface area (Å²) in [6.07, 6.45) is 3.01. The Balaban J connectivity index is 1.05. The zero-order chi connectivity index (χ0) is 28.2. The molecule has 0 radical (unpaired) electrons. The van der Waals surface area contributed by atoms with Crippen molar-refractivity contribution in [2.75, 3.05) is 32.7 Å². The smallest absolute Gasteiger partial charge is 0.336 e. The highest BCUT2D eigenvalue weighted by molar-refractivity contribution is 5.95. The molecule has 5 nitrogen and oxygen atoms in total. The molecule has 2 aliphatic rings. The van der Waals surface area contributed by atoms with Gasteiger partial charge in [-0.15, -0.1) is 0 Å². The highest BCUT2D eigenvalue weighted by Gasteiger charge is 2.32. The van der Waals surface area contributed by atoms with Gasteiger partial charge in [0.05, 0.1) is 11.5 Å². The van der Waals surface area contributed by atoms with E-state index in [4.69, 9.17) is 0 Å². The number of carboxylic acids is 1. The van der Waals surface area contributed by atoms with E-state index in [2.05, 4.69) is 29.2 Å². The SMILES string of the molecule is O=C(O)c1cccc2c1C(CCCCN1CCN(C(=O)C(c3ccccc3)c3ccccc3)CC1)c1ccccc1-2. The van der Waals surface area contributed by atoms with Crippen LogP contribution in [0.15, 0.2) is 103 Å². The molecule has 208 valence electrons. The van der Waals surface area contributed by atoms with Gasteiger partial charge in [-0.2, -0.15) is 0 Å². The molecule has 1 amide bonds. The molecule has 4 aromatic carbocycles. The van der Waals surface area contributed by atoms with Gasteiger partial charge in [0, 0.05) is 32.1 Å². The van der Waals surface area contributed by atoms with Gasteiger partial charge in [0.25, 0.3) is 0 Å². The number of amides is 1. The lowest BCUT2D eigenvalue weighted by Crippen LogP contribution is -2.50. The van der Waals surface area contributed by atoms with Crippen LogP contribution in [0, 0.1) is 0 Å². The van der Waals surface area contributed by atoms with E-state index in [9.17, 15) is 14.7 Å². The molecule has 0 aromatic heterocycles. The van der Waals surface area contributed by atoms with Crippen LogP contribution < -0.4 is 0 Å². The monoisotopic (exact) mass is 544 g/mol. The first kappa shape index (κ1) is 27.0. The summed E-state index contributed by atoms with van der Waals surface area (Å²) < 4.78 is 0. The Kier molecular flexibility index (Phi) is 7.97. The number of piperazine rings is 1. The maximum Gasteiger partial charge on any atom is 0.336 e. The average Bonchev–Trinajstić information content (AvgIpc) is 3.34. The van der Waals surface area contributed by atoms with Crippen LogP contribution in [0.2, 0.25) is 0 Å². The number of aromatic carboxylic acids is 1. The molecule has 1 aliphatic heterocycles. The third-order valence-electron chi connectivity index (χ3n) is 8.73. The summed E-state index contributed by atoms with van der Waals surface area (Å²) in [5.41, 5.74) is 6.94. The Morgan fingerprint density at radius 2 is 1.32 bits per heavy atom. The number of carbonyl (C=O) groups is 2. The second-order valence-electron chi connectivity index (χ2n) is 11.1. The molecule has 1 unspecified atom stereocenters. The highest BCUT2D eigenvalue weighted by atomic mass is 16.4. The maximum atomic E-state index is 13.8. The van der Waals surface area contributed by atoms with Crippen LogP contribution in [0.1, 0.15) is 63.7 Å². The van der Waals surface area contributed by atoms with Crippen LogP contribution in [0.5, 0.6) is 0 Å². The van der Waals surface area contributed by atoms with Crippen LogP contribution in [-0.4, -0.2) is 59.5 Å². The fraction of sp³-hybridized carbons (Fsp3) is 0.278. The van der Waals surface area contributed by atoms with Crippen LogP contribution in [0.25, 0.3) is 11.1 Å². The Labute approximate surface area is 242 Å². The lowest BCUT2D eigenvalue weighted by atomic mass is 9.88. The van der Waals surface area contributed by atoms with E-state index in [1.807, 2.05) is 77.7 Å².